The third-order valence-electron chi connectivity index (χ3n) is 4.61. The maximum atomic E-state index is 12.8. The van der Waals surface area contributed by atoms with Gasteiger partial charge in [-0.3, -0.25) is 4.79 Å². The lowest BCUT2D eigenvalue weighted by molar-refractivity contribution is -0.134. The van der Waals surface area contributed by atoms with E-state index in [1.165, 1.54) is 0 Å². The zero-order valence-corrected chi connectivity index (χ0v) is 16.7. The van der Waals surface area contributed by atoms with Crippen molar-refractivity contribution in [1.82, 2.24) is 4.90 Å². The number of benzene rings is 2. The predicted octanol–water partition coefficient (Wildman–Crippen LogP) is 4.75. The van der Waals surface area contributed by atoms with Crippen LogP contribution in [0, 0.1) is 0 Å². The smallest absolute Gasteiger partial charge is 0.261 e. The second-order valence-electron chi connectivity index (χ2n) is 6.22. The molecule has 0 spiro atoms. The third kappa shape index (κ3) is 4.42. The second-order valence-corrected chi connectivity index (χ2v) is 7.06. The molecule has 5 nitrogen and oxygen atoms in total. The number of halogens is 2. The maximum absolute atomic E-state index is 12.8. The molecule has 7 heteroatoms. The average Bonchev–Trinajstić information content (AvgIpc) is 3.17. The Morgan fingerprint density at radius 3 is 2.67 bits per heavy atom. The fourth-order valence-corrected chi connectivity index (χ4v) is 3.63. The molecular formula is C20H21Cl2NO4. The van der Waals surface area contributed by atoms with Gasteiger partial charge in [0.1, 0.15) is 17.2 Å². The van der Waals surface area contributed by atoms with Crippen LogP contribution in [-0.2, 0) is 4.79 Å². The van der Waals surface area contributed by atoms with E-state index in [1.807, 2.05) is 23.1 Å². The zero-order chi connectivity index (χ0) is 19.4. The lowest BCUT2D eigenvalue weighted by atomic mass is 10.0. The predicted molar refractivity (Wildman–Crippen MR) is 105 cm³/mol. The summed E-state index contributed by atoms with van der Waals surface area (Å²) in [6.45, 7) is 0.555. The molecule has 3 rings (SSSR count). The number of carbonyl (C=O) groups excluding carboxylic acids is 1. The summed E-state index contributed by atoms with van der Waals surface area (Å²) in [5.74, 6) is 1.75. The molecule has 1 unspecified atom stereocenters. The number of rotatable bonds is 6. The zero-order valence-electron chi connectivity index (χ0n) is 15.2. The van der Waals surface area contributed by atoms with E-state index in [0.29, 0.717) is 22.3 Å². The molecular weight excluding hydrogens is 389 g/mol. The molecule has 1 aliphatic heterocycles. The van der Waals surface area contributed by atoms with Crippen molar-refractivity contribution in [1.29, 1.82) is 0 Å². The molecule has 0 bridgehead atoms. The van der Waals surface area contributed by atoms with Gasteiger partial charge >= 0.3 is 0 Å². The van der Waals surface area contributed by atoms with Crippen molar-refractivity contribution in [3.8, 4) is 17.2 Å². The number of likely N-dealkylation sites (tertiary alicyclic amines) is 1. The van der Waals surface area contributed by atoms with E-state index >= 15 is 0 Å². The van der Waals surface area contributed by atoms with Crippen LogP contribution < -0.4 is 14.2 Å². The van der Waals surface area contributed by atoms with Gasteiger partial charge in [-0.25, -0.2) is 0 Å². The van der Waals surface area contributed by atoms with Crippen LogP contribution in [0.2, 0.25) is 10.0 Å². The molecule has 2 aromatic rings. The standard InChI is InChI=1S/C20H21Cl2NO4/c1-25-14-6-8-18(26-2)15(11-14)17-4-3-9-23(17)20(24)12-27-19-10-13(21)5-7-16(19)22/h5-8,10-11,17H,3-4,9,12H2,1-2H3. The minimum atomic E-state index is -0.113. The van der Waals surface area contributed by atoms with Crippen molar-refractivity contribution in [2.45, 2.75) is 18.9 Å². The quantitative estimate of drug-likeness (QED) is 0.690. The van der Waals surface area contributed by atoms with Crippen LogP contribution in [-0.4, -0.2) is 38.2 Å². The Bertz CT molecular complexity index is 828. The molecule has 1 amide bonds. The number of nitrogens with zero attached hydrogens (tertiary/aromatic N) is 1. The summed E-state index contributed by atoms with van der Waals surface area (Å²) in [6.07, 6.45) is 1.77. The Hall–Kier alpha value is -2.11. The number of amides is 1. The normalized spacial score (nSPS) is 16.3. The van der Waals surface area contributed by atoms with Crippen molar-refractivity contribution in [3.63, 3.8) is 0 Å². The summed E-state index contributed by atoms with van der Waals surface area (Å²) in [7, 11) is 3.24. The van der Waals surface area contributed by atoms with E-state index in [2.05, 4.69) is 0 Å². The van der Waals surface area contributed by atoms with Gasteiger partial charge in [-0.1, -0.05) is 23.2 Å². The minimum absolute atomic E-state index is 0.0824. The van der Waals surface area contributed by atoms with E-state index in [-0.39, 0.29) is 18.6 Å². The van der Waals surface area contributed by atoms with Crippen LogP contribution >= 0.6 is 23.2 Å². The summed E-state index contributed by atoms with van der Waals surface area (Å²) in [5, 5.41) is 0.918. The lowest BCUT2D eigenvalue weighted by Crippen LogP contribution is -2.34. The minimum Gasteiger partial charge on any atom is -0.497 e. The van der Waals surface area contributed by atoms with Gasteiger partial charge in [0, 0.05) is 23.2 Å². The van der Waals surface area contributed by atoms with Crippen LogP contribution in [0.15, 0.2) is 36.4 Å². The van der Waals surface area contributed by atoms with Gasteiger partial charge < -0.3 is 19.1 Å². The van der Waals surface area contributed by atoms with E-state index in [0.717, 1.165) is 29.9 Å². The first-order valence-corrected chi connectivity index (χ1v) is 9.38. The summed E-state index contributed by atoms with van der Waals surface area (Å²) in [4.78, 5) is 14.6. The third-order valence-corrected chi connectivity index (χ3v) is 5.16. The summed E-state index contributed by atoms with van der Waals surface area (Å²) in [5.41, 5.74) is 0.934. The Labute approximate surface area is 168 Å². The summed E-state index contributed by atoms with van der Waals surface area (Å²) < 4.78 is 16.4. The van der Waals surface area contributed by atoms with Gasteiger partial charge in [0.15, 0.2) is 6.61 Å². The molecule has 1 heterocycles. The van der Waals surface area contributed by atoms with Crippen LogP contribution in [0.5, 0.6) is 17.2 Å². The average molecular weight is 410 g/mol. The molecule has 2 aromatic carbocycles. The molecule has 144 valence electrons. The van der Waals surface area contributed by atoms with E-state index in [4.69, 9.17) is 37.4 Å². The largest absolute Gasteiger partial charge is 0.497 e. The molecule has 0 saturated carbocycles. The van der Waals surface area contributed by atoms with Gasteiger partial charge in [-0.2, -0.15) is 0 Å². The number of ether oxygens (including phenoxy) is 3. The van der Waals surface area contributed by atoms with Crippen LogP contribution in [0.4, 0.5) is 0 Å². The first kappa shape index (κ1) is 19.6. The van der Waals surface area contributed by atoms with Crippen molar-refractivity contribution >= 4 is 29.1 Å². The molecule has 0 aromatic heterocycles. The second kappa shape index (κ2) is 8.72. The van der Waals surface area contributed by atoms with Crippen LogP contribution in [0.3, 0.4) is 0 Å². The molecule has 1 fully saturated rings. The molecule has 0 radical (unpaired) electrons. The lowest BCUT2D eigenvalue weighted by Gasteiger charge is -2.26. The molecule has 1 atom stereocenters. The van der Waals surface area contributed by atoms with Crippen molar-refractivity contribution in [2.24, 2.45) is 0 Å². The maximum Gasteiger partial charge on any atom is 0.261 e. The van der Waals surface area contributed by atoms with Gasteiger partial charge in [0.05, 0.1) is 25.3 Å². The van der Waals surface area contributed by atoms with Crippen molar-refractivity contribution in [3.05, 3.63) is 52.0 Å². The monoisotopic (exact) mass is 409 g/mol. The van der Waals surface area contributed by atoms with Crippen molar-refractivity contribution in [2.75, 3.05) is 27.4 Å². The number of carbonyl (C=O) groups is 1. The SMILES string of the molecule is COc1ccc(OC)c(C2CCCN2C(=O)COc2cc(Cl)ccc2Cl)c1. The summed E-state index contributed by atoms with van der Waals surface area (Å²) >= 11 is 12.1. The van der Waals surface area contributed by atoms with Gasteiger partial charge in [-0.05, 0) is 43.2 Å². The molecule has 27 heavy (non-hydrogen) atoms. The number of methoxy groups -OCH3 is 2. The van der Waals surface area contributed by atoms with E-state index in [1.54, 1.807) is 32.4 Å². The van der Waals surface area contributed by atoms with Gasteiger partial charge in [0.25, 0.3) is 5.91 Å². The highest BCUT2D eigenvalue weighted by molar-refractivity contribution is 6.34. The van der Waals surface area contributed by atoms with E-state index < -0.39 is 0 Å². The molecule has 1 saturated heterocycles. The Kier molecular flexibility index (Phi) is 6.34. The Balaban J connectivity index is 1.76. The first-order valence-electron chi connectivity index (χ1n) is 8.62. The highest BCUT2D eigenvalue weighted by Crippen LogP contribution is 2.39. The Morgan fingerprint density at radius 2 is 1.93 bits per heavy atom. The molecule has 1 aliphatic rings. The Morgan fingerprint density at radius 1 is 1.11 bits per heavy atom. The van der Waals surface area contributed by atoms with Gasteiger partial charge in [0.2, 0.25) is 0 Å². The topological polar surface area (TPSA) is 48.0 Å². The first-order chi connectivity index (χ1) is 13.0. The highest BCUT2D eigenvalue weighted by atomic mass is 35.5. The van der Waals surface area contributed by atoms with E-state index in [9.17, 15) is 4.79 Å². The van der Waals surface area contributed by atoms with Crippen LogP contribution in [0.25, 0.3) is 0 Å². The number of hydrogen-bond acceptors (Lipinski definition) is 4. The van der Waals surface area contributed by atoms with Crippen molar-refractivity contribution < 1.29 is 19.0 Å². The highest BCUT2D eigenvalue weighted by Gasteiger charge is 2.32. The fraction of sp³-hybridized carbons (Fsp3) is 0.350. The molecule has 0 N–H and O–H groups in total. The number of hydrogen-bond donors (Lipinski definition) is 0. The summed E-state index contributed by atoms with van der Waals surface area (Å²) in [6, 6.07) is 10.5. The van der Waals surface area contributed by atoms with Crippen LogP contribution in [0.1, 0.15) is 24.4 Å². The molecule has 0 aliphatic carbocycles. The van der Waals surface area contributed by atoms with Gasteiger partial charge in [-0.15, -0.1) is 0 Å². The fourth-order valence-electron chi connectivity index (χ4n) is 3.30.